The number of nitrogens with zero attached hydrogens (tertiary/aromatic N) is 1. The third-order valence-corrected chi connectivity index (χ3v) is 4.97. The Morgan fingerprint density at radius 3 is 2.54 bits per heavy atom. The van der Waals surface area contributed by atoms with E-state index >= 15 is 0 Å². The molecule has 1 saturated carbocycles. The lowest BCUT2D eigenvalue weighted by Crippen LogP contribution is -2.39. The Morgan fingerprint density at radius 1 is 1.18 bits per heavy atom. The van der Waals surface area contributed by atoms with Gasteiger partial charge in [-0.25, -0.2) is 4.39 Å². The summed E-state index contributed by atoms with van der Waals surface area (Å²) in [6.45, 7) is 1.93. The lowest BCUT2D eigenvalue weighted by molar-refractivity contribution is -0.137. The summed E-state index contributed by atoms with van der Waals surface area (Å²) in [4.78, 5) is 14.3. The molecule has 7 heteroatoms. The van der Waals surface area contributed by atoms with E-state index in [9.17, 15) is 22.4 Å². The van der Waals surface area contributed by atoms with Gasteiger partial charge in [-0.1, -0.05) is 30.3 Å². The van der Waals surface area contributed by atoms with Gasteiger partial charge in [0.15, 0.2) is 0 Å². The first-order chi connectivity index (χ1) is 13.3. The van der Waals surface area contributed by atoms with Crippen molar-refractivity contribution in [3.63, 3.8) is 0 Å². The summed E-state index contributed by atoms with van der Waals surface area (Å²) in [6.07, 6.45) is -2.59. The Balaban J connectivity index is 1.66. The zero-order valence-corrected chi connectivity index (χ0v) is 15.5. The topological polar surface area (TPSA) is 32.3 Å². The summed E-state index contributed by atoms with van der Waals surface area (Å²) in [6, 6.07) is 11.2. The molecule has 1 atom stereocenters. The first kappa shape index (κ1) is 20.3. The van der Waals surface area contributed by atoms with Crippen molar-refractivity contribution in [3.8, 4) is 0 Å². The number of alkyl halides is 3. The highest BCUT2D eigenvalue weighted by Gasteiger charge is 2.35. The molecular formula is C21H22F4N2O. The molecule has 1 fully saturated rings. The second-order valence-electron chi connectivity index (χ2n) is 7.07. The molecule has 0 heterocycles. The minimum atomic E-state index is -4.41. The highest BCUT2D eigenvalue weighted by molar-refractivity contribution is 5.78. The van der Waals surface area contributed by atoms with Crippen LogP contribution in [0.1, 0.15) is 42.5 Å². The number of hydrogen-bond acceptors (Lipinski definition) is 2. The number of amides is 1. The van der Waals surface area contributed by atoms with Crippen LogP contribution in [0.25, 0.3) is 0 Å². The monoisotopic (exact) mass is 394 g/mol. The average molecular weight is 394 g/mol. The van der Waals surface area contributed by atoms with Crippen molar-refractivity contribution >= 4 is 5.91 Å². The zero-order valence-electron chi connectivity index (χ0n) is 15.5. The molecule has 0 radical (unpaired) electrons. The number of carbonyl (C=O) groups excluding carboxylic acids is 1. The van der Waals surface area contributed by atoms with Gasteiger partial charge in [-0.3, -0.25) is 9.69 Å². The molecule has 0 spiro atoms. The van der Waals surface area contributed by atoms with Gasteiger partial charge >= 0.3 is 6.18 Å². The molecule has 1 N–H and O–H groups in total. The number of halogens is 4. The van der Waals surface area contributed by atoms with Crippen LogP contribution in [-0.4, -0.2) is 23.4 Å². The number of rotatable bonds is 7. The van der Waals surface area contributed by atoms with E-state index in [0.717, 1.165) is 25.0 Å². The predicted octanol–water partition coefficient (Wildman–Crippen LogP) is 4.69. The molecule has 2 aromatic rings. The SMILES string of the molecule is C[C@H](c1cccc(C(F)(F)F)c1)N(CC(=O)NCc1ccccc1F)C1CC1. The van der Waals surface area contributed by atoms with E-state index in [4.69, 9.17) is 0 Å². The summed E-state index contributed by atoms with van der Waals surface area (Å²) < 4.78 is 52.7. The maximum Gasteiger partial charge on any atom is 0.416 e. The van der Waals surface area contributed by atoms with Crippen LogP contribution in [0.3, 0.4) is 0 Å². The van der Waals surface area contributed by atoms with Gasteiger partial charge in [0, 0.05) is 24.2 Å². The molecule has 1 aliphatic carbocycles. The lowest BCUT2D eigenvalue weighted by atomic mass is 10.0. The van der Waals surface area contributed by atoms with Crippen molar-refractivity contribution < 1.29 is 22.4 Å². The van der Waals surface area contributed by atoms with Gasteiger partial charge in [0.25, 0.3) is 0 Å². The van der Waals surface area contributed by atoms with Crippen LogP contribution >= 0.6 is 0 Å². The van der Waals surface area contributed by atoms with Crippen LogP contribution < -0.4 is 5.32 Å². The molecule has 2 aromatic carbocycles. The lowest BCUT2D eigenvalue weighted by Gasteiger charge is -2.29. The molecule has 150 valence electrons. The van der Waals surface area contributed by atoms with Gasteiger partial charge in [-0.05, 0) is 43.5 Å². The molecule has 3 nitrogen and oxygen atoms in total. The normalized spacial score (nSPS) is 15.5. The Hall–Kier alpha value is -2.41. The first-order valence-corrected chi connectivity index (χ1v) is 9.18. The van der Waals surface area contributed by atoms with Gasteiger partial charge in [0.2, 0.25) is 5.91 Å². The van der Waals surface area contributed by atoms with Gasteiger partial charge in [-0.15, -0.1) is 0 Å². The van der Waals surface area contributed by atoms with Crippen LogP contribution in [0.5, 0.6) is 0 Å². The third-order valence-electron chi connectivity index (χ3n) is 4.97. The van der Waals surface area contributed by atoms with Crippen molar-refractivity contribution in [2.24, 2.45) is 0 Å². The van der Waals surface area contributed by atoms with E-state index in [0.29, 0.717) is 11.1 Å². The quantitative estimate of drug-likeness (QED) is 0.692. The molecule has 28 heavy (non-hydrogen) atoms. The largest absolute Gasteiger partial charge is 0.416 e. The van der Waals surface area contributed by atoms with Crippen LogP contribution in [0.15, 0.2) is 48.5 Å². The number of benzene rings is 2. The average Bonchev–Trinajstić information content (AvgIpc) is 3.49. The molecule has 0 aromatic heterocycles. The van der Waals surface area contributed by atoms with E-state index in [1.165, 1.54) is 12.1 Å². The Bertz CT molecular complexity index is 833. The van der Waals surface area contributed by atoms with Crippen molar-refractivity contribution in [1.29, 1.82) is 0 Å². The fourth-order valence-corrected chi connectivity index (χ4v) is 3.21. The molecule has 0 unspecified atom stereocenters. The summed E-state index contributed by atoms with van der Waals surface area (Å²) >= 11 is 0. The summed E-state index contributed by atoms with van der Waals surface area (Å²) in [5.41, 5.74) is 0.208. The number of hydrogen-bond donors (Lipinski definition) is 1. The summed E-state index contributed by atoms with van der Waals surface area (Å²) in [5.74, 6) is -0.673. The number of nitrogens with one attached hydrogen (secondary N) is 1. The maximum atomic E-state index is 13.7. The Morgan fingerprint density at radius 2 is 1.89 bits per heavy atom. The zero-order chi connectivity index (χ0) is 20.3. The van der Waals surface area contributed by atoms with Crippen molar-refractivity contribution in [3.05, 3.63) is 71.0 Å². The minimum absolute atomic E-state index is 0.0521. The summed E-state index contributed by atoms with van der Waals surface area (Å²) in [5, 5.41) is 2.69. The standard InChI is InChI=1S/C21H22F4N2O/c1-14(15-6-4-7-17(11-15)21(23,24)25)27(18-9-10-18)13-20(28)26-12-16-5-2-3-8-19(16)22/h2-8,11,14,18H,9-10,12-13H2,1H3,(H,26,28)/t14-/m1/s1. The maximum absolute atomic E-state index is 13.7. The molecule has 0 aliphatic heterocycles. The van der Waals surface area contributed by atoms with Crippen molar-refractivity contribution in [2.75, 3.05) is 6.54 Å². The minimum Gasteiger partial charge on any atom is -0.351 e. The predicted molar refractivity (Wildman–Crippen MR) is 97.8 cm³/mol. The second kappa shape index (κ2) is 8.31. The van der Waals surface area contributed by atoms with Crippen molar-refractivity contribution in [1.82, 2.24) is 10.2 Å². The molecule has 0 saturated heterocycles. The van der Waals surface area contributed by atoms with E-state index in [2.05, 4.69) is 5.32 Å². The van der Waals surface area contributed by atoms with E-state index in [-0.39, 0.29) is 36.9 Å². The van der Waals surface area contributed by atoms with E-state index in [1.807, 2.05) is 4.90 Å². The van der Waals surface area contributed by atoms with E-state index in [1.54, 1.807) is 31.2 Å². The molecule has 0 bridgehead atoms. The van der Waals surface area contributed by atoms with Crippen LogP contribution in [0, 0.1) is 5.82 Å². The molecular weight excluding hydrogens is 372 g/mol. The highest BCUT2D eigenvalue weighted by Crippen LogP contribution is 2.36. The molecule has 3 rings (SSSR count). The van der Waals surface area contributed by atoms with Crippen molar-refractivity contribution in [2.45, 2.75) is 44.6 Å². The van der Waals surface area contributed by atoms with Gasteiger partial charge in [0.1, 0.15) is 5.82 Å². The molecule has 1 amide bonds. The fraction of sp³-hybridized carbons (Fsp3) is 0.381. The van der Waals surface area contributed by atoms with Gasteiger partial charge in [0.05, 0.1) is 12.1 Å². The Labute approximate surface area is 161 Å². The van der Waals surface area contributed by atoms with Gasteiger partial charge < -0.3 is 5.32 Å². The van der Waals surface area contributed by atoms with E-state index < -0.39 is 11.7 Å². The van der Waals surface area contributed by atoms with Crippen LogP contribution in [0.4, 0.5) is 17.6 Å². The van der Waals surface area contributed by atoms with Crippen LogP contribution in [-0.2, 0) is 17.5 Å². The molecule has 1 aliphatic rings. The second-order valence-corrected chi connectivity index (χ2v) is 7.07. The smallest absolute Gasteiger partial charge is 0.351 e. The third kappa shape index (κ3) is 5.10. The fourth-order valence-electron chi connectivity index (χ4n) is 3.21. The first-order valence-electron chi connectivity index (χ1n) is 9.18. The number of carbonyl (C=O) groups is 1. The summed E-state index contributed by atoms with van der Waals surface area (Å²) in [7, 11) is 0. The van der Waals surface area contributed by atoms with Crippen LogP contribution in [0.2, 0.25) is 0 Å². The highest BCUT2D eigenvalue weighted by atomic mass is 19.4. The van der Waals surface area contributed by atoms with Gasteiger partial charge in [-0.2, -0.15) is 13.2 Å². The Kier molecular flexibility index (Phi) is 6.03.